The highest BCUT2D eigenvalue weighted by Gasteiger charge is 2.34. The van der Waals surface area contributed by atoms with Crippen LogP contribution < -0.4 is 0 Å². The number of fused-ring (bicyclic) bond motifs is 1. The van der Waals surface area contributed by atoms with Crippen LogP contribution in [0.5, 0.6) is 0 Å². The molecule has 0 aliphatic heterocycles. The van der Waals surface area contributed by atoms with Crippen LogP contribution in [-0.2, 0) is 0 Å². The van der Waals surface area contributed by atoms with Crippen LogP contribution >= 0.6 is 0 Å². The lowest BCUT2D eigenvalue weighted by Gasteiger charge is -2.41. The van der Waals surface area contributed by atoms with Crippen LogP contribution in [-0.4, -0.2) is 0 Å². The van der Waals surface area contributed by atoms with Crippen LogP contribution in [0.4, 0.5) is 0 Å². The van der Waals surface area contributed by atoms with Gasteiger partial charge in [0.25, 0.3) is 0 Å². The molecule has 3 atom stereocenters. The lowest BCUT2D eigenvalue weighted by Crippen LogP contribution is -2.30. The Kier molecular flexibility index (Phi) is 8.06. The van der Waals surface area contributed by atoms with Gasteiger partial charge in [-0.25, -0.2) is 0 Å². The van der Waals surface area contributed by atoms with Crippen molar-refractivity contribution >= 4 is 0 Å². The Hall–Kier alpha value is 0. The van der Waals surface area contributed by atoms with E-state index >= 15 is 0 Å². The predicted molar refractivity (Wildman–Crippen MR) is 90.0 cm³/mol. The fourth-order valence-corrected chi connectivity index (χ4v) is 4.97. The fraction of sp³-hybridized carbons (Fsp3) is 1.00. The molecule has 2 fully saturated rings. The van der Waals surface area contributed by atoms with E-state index in [-0.39, 0.29) is 0 Å². The van der Waals surface area contributed by atoms with Gasteiger partial charge in [0.15, 0.2) is 0 Å². The lowest BCUT2D eigenvalue weighted by molar-refractivity contribution is 0.0961. The van der Waals surface area contributed by atoms with Crippen molar-refractivity contribution in [3.05, 3.63) is 0 Å². The summed E-state index contributed by atoms with van der Waals surface area (Å²) in [6, 6.07) is 0. The first-order valence-corrected chi connectivity index (χ1v) is 9.92. The van der Waals surface area contributed by atoms with Crippen LogP contribution in [0.3, 0.4) is 0 Å². The van der Waals surface area contributed by atoms with Crippen molar-refractivity contribution in [2.24, 2.45) is 17.8 Å². The summed E-state index contributed by atoms with van der Waals surface area (Å²) in [5, 5.41) is 0. The molecule has 0 saturated heterocycles. The van der Waals surface area contributed by atoms with Crippen LogP contribution in [0.1, 0.15) is 110 Å². The molecule has 0 amide bonds. The Labute approximate surface area is 128 Å². The van der Waals surface area contributed by atoms with Crippen LogP contribution in [0.25, 0.3) is 0 Å². The normalized spacial score (nSPS) is 30.1. The molecular formula is C20H38. The Morgan fingerprint density at radius 1 is 0.650 bits per heavy atom. The average molecular weight is 279 g/mol. The average Bonchev–Trinajstić information content (AvgIpc) is 2.50. The van der Waals surface area contributed by atoms with Gasteiger partial charge in [-0.2, -0.15) is 0 Å². The Morgan fingerprint density at radius 2 is 1.30 bits per heavy atom. The van der Waals surface area contributed by atoms with Gasteiger partial charge in [-0.05, 0) is 24.2 Å². The van der Waals surface area contributed by atoms with Gasteiger partial charge in [0.1, 0.15) is 0 Å². The van der Waals surface area contributed by atoms with E-state index < -0.39 is 0 Å². The molecule has 0 N–H and O–H groups in total. The maximum absolute atomic E-state index is 2.31. The summed E-state index contributed by atoms with van der Waals surface area (Å²) in [5.41, 5.74) is 0. The van der Waals surface area contributed by atoms with Gasteiger partial charge < -0.3 is 0 Å². The quantitative estimate of drug-likeness (QED) is 0.394. The molecule has 0 aromatic heterocycles. The number of hydrogen-bond donors (Lipinski definition) is 0. The maximum atomic E-state index is 2.31. The Balaban J connectivity index is 1.52. The van der Waals surface area contributed by atoms with E-state index in [1.54, 1.807) is 38.5 Å². The summed E-state index contributed by atoms with van der Waals surface area (Å²) < 4.78 is 0. The zero-order valence-electron chi connectivity index (χ0n) is 14.0. The standard InChI is InChI=1S/C20H38/c1-2-3-4-5-6-7-8-9-13-18-15-12-16-19-14-10-11-17-20(18)19/h18-20H,2-17H2,1H3. The highest BCUT2D eigenvalue weighted by Crippen LogP contribution is 2.45. The molecule has 0 nitrogen and oxygen atoms in total. The second-order valence-electron chi connectivity index (χ2n) is 7.66. The first-order chi connectivity index (χ1) is 9.92. The number of rotatable bonds is 9. The van der Waals surface area contributed by atoms with E-state index in [1.807, 2.05) is 0 Å². The highest BCUT2D eigenvalue weighted by atomic mass is 14.4. The molecule has 0 heteroatoms. The molecule has 2 aliphatic carbocycles. The largest absolute Gasteiger partial charge is 0.0654 e. The van der Waals surface area contributed by atoms with Crippen LogP contribution in [0.2, 0.25) is 0 Å². The molecular weight excluding hydrogens is 240 g/mol. The first kappa shape index (κ1) is 16.4. The van der Waals surface area contributed by atoms with Gasteiger partial charge in [-0.15, -0.1) is 0 Å². The highest BCUT2D eigenvalue weighted by molar-refractivity contribution is 4.85. The summed E-state index contributed by atoms with van der Waals surface area (Å²) in [4.78, 5) is 0. The predicted octanol–water partition coefficient (Wildman–Crippen LogP) is 7.12. The zero-order valence-corrected chi connectivity index (χ0v) is 14.0. The number of unbranched alkanes of at least 4 members (excludes halogenated alkanes) is 7. The lowest BCUT2D eigenvalue weighted by atomic mass is 9.64. The fourth-order valence-electron chi connectivity index (χ4n) is 4.97. The zero-order chi connectivity index (χ0) is 14.0. The molecule has 0 aromatic rings. The van der Waals surface area contributed by atoms with E-state index in [0.29, 0.717) is 0 Å². The third-order valence-corrected chi connectivity index (χ3v) is 6.15. The van der Waals surface area contributed by atoms with Gasteiger partial charge >= 0.3 is 0 Å². The molecule has 0 bridgehead atoms. The molecule has 2 saturated carbocycles. The summed E-state index contributed by atoms with van der Waals surface area (Å²) in [5.74, 6) is 3.40. The van der Waals surface area contributed by atoms with Gasteiger partial charge in [-0.3, -0.25) is 0 Å². The van der Waals surface area contributed by atoms with Crippen molar-refractivity contribution in [3.63, 3.8) is 0 Å². The van der Waals surface area contributed by atoms with Crippen molar-refractivity contribution < 1.29 is 0 Å². The second-order valence-corrected chi connectivity index (χ2v) is 7.66. The van der Waals surface area contributed by atoms with Crippen molar-refractivity contribution in [1.82, 2.24) is 0 Å². The summed E-state index contributed by atoms with van der Waals surface area (Å²) in [6.45, 7) is 2.31. The minimum atomic E-state index is 1.12. The molecule has 0 spiro atoms. The smallest absolute Gasteiger partial charge is 0.0357 e. The topological polar surface area (TPSA) is 0 Å². The second kappa shape index (κ2) is 9.85. The molecule has 3 unspecified atom stereocenters. The van der Waals surface area contributed by atoms with Gasteiger partial charge in [0, 0.05) is 0 Å². The Morgan fingerprint density at radius 3 is 2.10 bits per heavy atom. The molecule has 0 aromatic carbocycles. The molecule has 118 valence electrons. The summed E-state index contributed by atoms with van der Waals surface area (Å²) >= 11 is 0. The molecule has 2 aliphatic rings. The van der Waals surface area contributed by atoms with Crippen molar-refractivity contribution in [2.45, 2.75) is 110 Å². The summed E-state index contributed by atoms with van der Waals surface area (Å²) in [6.07, 6.45) is 24.3. The number of hydrogen-bond acceptors (Lipinski definition) is 0. The minimum Gasteiger partial charge on any atom is -0.0654 e. The summed E-state index contributed by atoms with van der Waals surface area (Å²) in [7, 11) is 0. The van der Waals surface area contributed by atoms with E-state index in [1.165, 1.54) is 64.2 Å². The van der Waals surface area contributed by atoms with E-state index in [9.17, 15) is 0 Å². The molecule has 2 rings (SSSR count). The van der Waals surface area contributed by atoms with E-state index in [4.69, 9.17) is 0 Å². The van der Waals surface area contributed by atoms with Crippen LogP contribution in [0, 0.1) is 17.8 Å². The Bertz CT molecular complexity index is 230. The monoisotopic (exact) mass is 278 g/mol. The van der Waals surface area contributed by atoms with Gasteiger partial charge in [-0.1, -0.05) is 103 Å². The molecule has 0 radical (unpaired) electrons. The molecule has 20 heavy (non-hydrogen) atoms. The van der Waals surface area contributed by atoms with Crippen LogP contribution in [0.15, 0.2) is 0 Å². The first-order valence-electron chi connectivity index (χ1n) is 9.92. The third-order valence-electron chi connectivity index (χ3n) is 6.15. The third kappa shape index (κ3) is 5.41. The van der Waals surface area contributed by atoms with Gasteiger partial charge in [0.2, 0.25) is 0 Å². The van der Waals surface area contributed by atoms with Crippen molar-refractivity contribution in [1.29, 1.82) is 0 Å². The van der Waals surface area contributed by atoms with Crippen molar-refractivity contribution in [3.8, 4) is 0 Å². The van der Waals surface area contributed by atoms with Gasteiger partial charge in [0.05, 0.1) is 0 Å². The maximum Gasteiger partial charge on any atom is -0.0357 e. The molecule has 0 heterocycles. The van der Waals surface area contributed by atoms with E-state index in [0.717, 1.165) is 17.8 Å². The van der Waals surface area contributed by atoms with Crippen molar-refractivity contribution in [2.75, 3.05) is 0 Å². The SMILES string of the molecule is CCCCCCCCCCC1CCCC2CCCCC12. The van der Waals surface area contributed by atoms with E-state index in [2.05, 4.69) is 6.92 Å². The minimum absolute atomic E-state index is 1.12.